The molecule has 0 amide bonds. The van der Waals surface area contributed by atoms with Gasteiger partial charge >= 0.3 is 5.97 Å². The minimum atomic E-state index is -0.603. The Balaban J connectivity index is 2.83. The van der Waals surface area contributed by atoms with E-state index < -0.39 is 11.2 Å². The molecule has 0 atom stereocenters. The summed E-state index contributed by atoms with van der Waals surface area (Å²) >= 11 is 10.5. The molecule has 1 aromatic rings. The van der Waals surface area contributed by atoms with Crippen molar-refractivity contribution < 1.29 is 14.3 Å². The summed E-state index contributed by atoms with van der Waals surface area (Å²) in [6.07, 6.45) is 0. The van der Waals surface area contributed by atoms with E-state index in [2.05, 4.69) is 0 Å². The van der Waals surface area contributed by atoms with Crippen LogP contribution in [0.25, 0.3) is 0 Å². The van der Waals surface area contributed by atoms with Gasteiger partial charge in [0.25, 0.3) is 5.24 Å². The lowest BCUT2D eigenvalue weighted by atomic mass is 10.2. The van der Waals surface area contributed by atoms with Gasteiger partial charge in [0.15, 0.2) is 0 Å². The van der Waals surface area contributed by atoms with E-state index in [9.17, 15) is 9.59 Å². The molecule has 0 unspecified atom stereocenters. The Morgan fingerprint density at radius 1 is 1.36 bits per heavy atom. The average Bonchev–Trinajstić information content (AvgIpc) is 2.18. The molecule has 1 rings (SSSR count). The lowest BCUT2D eigenvalue weighted by molar-refractivity contribution is -0.131. The monoisotopic (exact) mass is 232 g/mol. The zero-order chi connectivity index (χ0) is 10.6. The third-order valence-electron chi connectivity index (χ3n) is 1.40. The molecule has 0 aromatic heterocycles. The highest BCUT2D eigenvalue weighted by Crippen LogP contribution is 2.15. The molecule has 0 bridgehead atoms. The summed E-state index contributed by atoms with van der Waals surface area (Å²) in [5.41, 5.74) is 0.270. The number of carbonyl (C=O) groups excluding carboxylic acids is 2. The van der Waals surface area contributed by atoms with Crippen LogP contribution in [0.15, 0.2) is 24.3 Å². The maximum atomic E-state index is 10.8. The maximum Gasteiger partial charge on any atom is 0.326 e. The normalized spacial score (nSPS) is 9.57. The summed E-state index contributed by atoms with van der Waals surface area (Å²) < 4.78 is 4.77. The lowest BCUT2D eigenvalue weighted by Gasteiger charge is -2.02. The number of benzene rings is 1. The van der Waals surface area contributed by atoms with Gasteiger partial charge in [-0.1, -0.05) is 6.07 Å². The van der Waals surface area contributed by atoms with Crippen molar-refractivity contribution in [1.82, 2.24) is 0 Å². The topological polar surface area (TPSA) is 43.4 Å². The Morgan fingerprint density at radius 3 is 2.64 bits per heavy atom. The largest absolute Gasteiger partial charge is 0.426 e. The number of halogens is 2. The lowest BCUT2D eigenvalue weighted by Crippen LogP contribution is -2.09. The molecule has 0 N–H and O–H groups in total. The van der Waals surface area contributed by atoms with Crippen molar-refractivity contribution in [3.63, 3.8) is 0 Å². The molecule has 0 saturated heterocycles. The fourth-order valence-corrected chi connectivity index (χ4v) is 1.01. The van der Waals surface area contributed by atoms with E-state index in [1.54, 1.807) is 6.07 Å². The molecule has 3 nitrogen and oxygen atoms in total. The first kappa shape index (κ1) is 11.0. The first-order chi connectivity index (χ1) is 6.63. The Hall–Kier alpha value is -1.06. The Labute approximate surface area is 90.6 Å². The standard InChI is InChI=1S/C9H6Cl2O3/c10-5-8(12)14-7-3-1-2-6(4-7)9(11)13/h1-4H,5H2. The highest BCUT2D eigenvalue weighted by molar-refractivity contribution is 6.67. The van der Waals surface area contributed by atoms with E-state index in [1.165, 1.54) is 18.2 Å². The molecular formula is C9H6Cl2O3. The first-order valence-electron chi connectivity index (χ1n) is 3.70. The molecule has 0 aliphatic heterocycles. The van der Waals surface area contributed by atoms with Gasteiger partial charge in [-0.05, 0) is 29.8 Å². The van der Waals surface area contributed by atoms with Crippen LogP contribution >= 0.6 is 23.2 Å². The second-order valence-corrected chi connectivity index (χ2v) is 3.02. The molecule has 5 heteroatoms. The van der Waals surface area contributed by atoms with E-state index in [1.807, 2.05) is 0 Å². The van der Waals surface area contributed by atoms with Gasteiger partial charge in [-0.15, -0.1) is 11.6 Å². The van der Waals surface area contributed by atoms with E-state index in [-0.39, 0.29) is 17.2 Å². The van der Waals surface area contributed by atoms with Crippen LogP contribution < -0.4 is 4.74 Å². The van der Waals surface area contributed by atoms with E-state index in [0.29, 0.717) is 0 Å². The zero-order valence-electron chi connectivity index (χ0n) is 7.00. The van der Waals surface area contributed by atoms with Crippen LogP contribution in [0.1, 0.15) is 10.4 Å². The zero-order valence-corrected chi connectivity index (χ0v) is 8.51. The second kappa shape index (κ2) is 4.98. The van der Waals surface area contributed by atoms with Gasteiger partial charge in [-0.2, -0.15) is 0 Å². The number of alkyl halides is 1. The number of hydrogen-bond acceptors (Lipinski definition) is 3. The van der Waals surface area contributed by atoms with Crippen LogP contribution in [0, 0.1) is 0 Å². The van der Waals surface area contributed by atoms with Gasteiger partial charge in [0.1, 0.15) is 11.6 Å². The van der Waals surface area contributed by atoms with Gasteiger partial charge in [-0.25, -0.2) is 0 Å². The molecular weight excluding hydrogens is 227 g/mol. The van der Waals surface area contributed by atoms with Crippen LogP contribution in [0.2, 0.25) is 0 Å². The third-order valence-corrected chi connectivity index (χ3v) is 1.84. The van der Waals surface area contributed by atoms with Crippen LogP contribution in [-0.4, -0.2) is 17.1 Å². The quantitative estimate of drug-likeness (QED) is 0.348. The van der Waals surface area contributed by atoms with E-state index >= 15 is 0 Å². The minimum absolute atomic E-state index is 0.237. The predicted molar refractivity (Wildman–Crippen MR) is 53.0 cm³/mol. The van der Waals surface area contributed by atoms with Crippen molar-refractivity contribution in [2.45, 2.75) is 0 Å². The van der Waals surface area contributed by atoms with Crippen LogP contribution in [0.3, 0.4) is 0 Å². The Morgan fingerprint density at radius 2 is 2.07 bits per heavy atom. The van der Waals surface area contributed by atoms with Gasteiger partial charge in [0, 0.05) is 5.56 Å². The summed E-state index contributed by atoms with van der Waals surface area (Å²) in [7, 11) is 0. The van der Waals surface area contributed by atoms with Crippen LogP contribution in [0.4, 0.5) is 0 Å². The summed E-state index contributed by atoms with van der Waals surface area (Å²) in [5.74, 6) is -0.563. The van der Waals surface area contributed by atoms with E-state index in [0.717, 1.165) is 0 Å². The highest BCUT2D eigenvalue weighted by atomic mass is 35.5. The van der Waals surface area contributed by atoms with Crippen molar-refractivity contribution >= 4 is 34.4 Å². The fourth-order valence-electron chi connectivity index (χ4n) is 0.841. The number of esters is 1. The molecule has 0 heterocycles. The first-order valence-corrected chi connectivity index (χ1v) is 4.61. The minimum Gasteiger partial charge on any atom is -0.426 e. The number of ether oxygens (including phenoxy) is 1. The molecule has 74 valence electrons. The van der Waals surface area contributed by atoms with Crippen molar-refractivity contribution in [2.24, 2.45) is 0 Å². The maximum absolute atomic E-state index is 10.8. The van der Waals surface area contributed by atoms with Crippen molar-refractivity contribution in [3.8, 4) is 5.75 Å². The van der Waals surface area contributed by atoms with Crippen LogP contribution in [-0.2, 0) is 4.79 Å². The second-order valence-electron chi connectivity index (χ2n) is 2.41. The molecule has 0 fully saturated rings. The molecule has 0 aliphatic carbocycles. The molecule has 0 spiro atoms. The summed E-state index contributed by atoms with van der Waals surface area (Å²) in [6, 6.07) is 5.99. The van der Waals surface area contributed by atoms with E-state index in [4.69, 9.17) is 27.9 Å². The number of hydrogen-bond donors (Lipinski definition) is 0. The molecule has 0 aliphatic rings. The molecule has 0 radical (unpaired) electrons. The summed E-state index contributed by atoms with van der Waals surface area (Å²) in [5, 5.41) is -0.603. The van der Waals surface area contributed by atoms with Crippen molar-refractivity contribution in [3.05, 3.63) is 29.8 Å². The predicted octanol–water partition coefficient (Wildman–Crippen LogP) is 2.21. The SMILES string of the molecule is O=C(CCl)Oc1cccc(C(=O)Cl)c1. The third kappa shape index (κ3) is 3.01. The fraction of sp³-hybridized carbons (Fsp3) is 0.111. The smallest absolute Gasteiger partial charge is 0.326 e. The van der Waals surface area contributed by atoms with Crippen molar-refractivity contribution in [1.29, 1.82) is 0 Å². The number of carbonyl (C=O) groups is 2. The highest BCUT2D eigenvalue weighted by Gasteiger charge is 2.06. The summed E-state index contributed by atoms with van der Waals surface area (Å²) in [4.78, 5) is 21.5. The number of rotatable bonds is 3. The van der Waals surface area contributed by atoms with Crippen LogP contribution in [0.5, 0.6) is 5.75 Å². The molecule has 0 saturated carbocycles. The van der Waals surface area contributed by atoms with Gasteiger partial charge in [-0.3, -0.25) is 9.59 Å². The Bertz CT molecular complexity index is 363. The Kier molecular flexibility index (Phi) is 3.92. The van der Waals surface area contributed by atoms with Gasteiger partial charge in [0.2, 0.25) is 0 Å². The van der Waals surface area contributed by atoms with Gasteiger partial charge in [0.05, 0.1) is 0 Å². The molecule has 14 heavy (non-hydrogen) atoms. The van der Waals surface area contributed by atoms with Crippen molar-refractivity contribution in [2.75, 3.05) is 5.88 Å². The average molecular weight is 233 g/mol. The summed E-state index contributed by atoms with van der Waals surface area (Å²) in [6.45, 7) is 0. The van der Waals surface area contributed by atoms with Gasteiger partial charge < -0.3 is 4.74 Å². The molecule has 1 aromatic carbocycles.